The molecule has 0 aliphatic carbocycles. The number of ketones is 1. The molecule has 1 aliphatic heterocycles. The number of carbonyl (C=O) groups excluding carboxylic acids is 3. The molecule has 1 aliphatic rings. The van der Waals surface area contributed by atoms with E-state index in [-0.39, 0.29) is 21.3 Å². The fraction of sp³-hybridized carbons (Fsp3) is 0.208. The molecule has 1 fully saturated rings. The van der Waals surface area contributed by atoms with Crippen LogP contribution in [0.4, 0.5) is 5.13 Å². The van der Waals surface area contributed by atoms with Crippen LogP contribution in [0, 0.1) is 13.8 Å². The number of aliphatic hydroxyl groups excluding tert-OH is 1. The molecule has 1 aromatic carbocycles. The number of amides is 1. The van der Waals surface area contributed by atoms with Crippen LogP contribution < -0.4 is 9.64 Å². The molecule has 1 N–H and O–H groups in total. The van der Waals surface area contributed by atoms with E-state index in [1.807, 2.05) is 0 Å². The number of pyridine rings is 1. The van der Waals surface area contributed by atoms with Crippen molar-refractivity contribution in [2.24, 2.45) is 0 Å². The van der Waals surface area contributed by atoms with E-state index in [0.29, 0.717) is 28.1 Å². The Bertz CT molecular complexity index is 1330. The lowest BCUT2D eigenvalue weighted by molar-refractivity contribution is -0.132. The normalized spacial score (nSPS) is 17.2. The van der Waals surface area contributed by atoms with Crippen molar-refractivity contribution in [1.29, 1.82) is 0 Å². The van der Waals surface area contributed by atoms with Crippen molar-refractivity contribution < 1.29 is 29.0 Å². The molecule has 0 bridgehead atoms. The number of Topliss-reactive ketones (excluding diaryl/α,β-unsaturated/α-hetero) is 1. The monoisotopic (exact) mass is 479 g/mol. The molecule has 174 valence electrons. The summed E-state index contributed by atoms with van der Waals surface area (Å²) in [5.74, 6) is -2.06. The van der Waals surface area contributed by atoms with Crippen LogP contribution in [0.5, 0.6) is 5.75 Å². The highest BCUT2D eigenvalue weighted by Gasteiger charge is 2.48. The zero-order chi connectivity index (χ0) is 24.6. The van der Waals surface area contributed by atoms with E-state index in [0.717, 1.165) is 11.3 Å². The number of benzene rings is 1. The average Bonchev–Trinajstić information content (AvgIpc) is 3.35. The van der Waals surface area contributed by atoms with Gasteiger partial charge in [-0.1, -0.05) is 17.4 Å². The number of aliphatic hydroxyl groups is 1. The van der Waals surface area contributed by atoms with Crippen molar-refractivity contribution >= 4 is 39.9 Å². The SMILES string of the molecule is COC(=O)c1sc(N2C(=O)C(=O)C(=C(O)c3ccc(OC)cc3C)C2c2cccnc2)nc1C. The van der Waals surface area contributed by atoms with Crippen molar-refractivity contribution in [3.05, 3.63) is 75.6 Å². The van der Waals surface area contributed by atoms with E-state index in [4.69, 9.17) is 9.47 Å². The van der Waals surface area contributed by atoms with Crippen LogP contribution in [0.25, 0.3) is 5.76 Å². The third kappa shape index (κ3) is 3.81. The lowest BCUT2D eigenvalue weighted by Gasteiger charge is -2.22. The Hall–Kier alpha value is -4.05. The Morgan fingerprint density at radius 2 is 1.94 bits per heavy atom. The number of esters is 1. The van der Waals surface area contributed by atoms with Gasteiger partial charge in [0.15, 0.2) is 5.13 Å². The maximum absolute atomic E-state index is 13.2. The highest BCUT2D eigenvalue weighted by Crippen LogP contribution is 2.44. The summed E-state index contributed by atoms with van der Waals surface area (Å²) >= 11 is 0.937. The molecule has 34 heavy (non-hydrogen) atoms. The van der Waals surface area contributed by atoms with Crippen molar-refractivity contribution in [3.63, 3.8) is 0 Å². The standard InChI is InChI=1S/C24H21N3O6S/c1-12-10-15(32-3)7-8-16(12)19(28)17-18(14-6-5-9-25-11-14)27(22(30)20(17)29)24-26-13(2)21(34-24)23(31)33-4/h5-11,18,28H,1-4H3. The predicted octanol–water partition coefficient (Wildman–Crippen LogP) is 3.58. The summed E-state index contributed by atoms with van der Waals surface area (Å²) in [7, 11) is 2.78. The van der Waals surface area contributed by atoms with Crippen LogP contribution in [0.3, 0.4) is 0 Å². The molecular formula is C24H21N3O6S. The van der Waals surface area contributed by atoms with E-state index < -0.39 is 23.7 Å². The van der Waals surface area contributed by atoms with Gasteiger partial charge in [0.1, 0.15) is 16.4 Å². The summed E-state index contributed by atoms with van der Waals surface area (Å²) in [5, 5.41) is 11.4. The summed E-state index contributed by atoms with van der Waals surface area (Å²) in [4.78, 5) is 48.5. The van der Waals surface area contributed by atoms with Crippen LogP contribution in [-0.4, -0.2) is 47.0 Å². The summed E-state index contributed by atoms with van der Waals surface area (Å²) in [6, 6.07) is 7.38. The Kier molecular flexibility index (Phi) is 6.16. The number of aryl methyl sites for hydroxylation is 2. The summed E-state index contributed by atoms with van der Waals surface area (Å²) in [6.45, 7) is 3.38. The van der Waals surface area contributed by atoms with Gasteiger partial charge in [-0.05, 0) is 49.2 Å². The van der Waals surface area contributed by atoms with Crippen molar-refractivity contribution in [3.8, 4) is 5.75 Å². The van der Waals surface area contributed by atoms with Gasteiger partial charge in [-0.2, -0.15) is 0 Å². The highest BCUT2D eigenvalue weighted by molar-refractivity contribution is 7.17. The fourth-order valence-corrected chi connectivity index (χ4v) is 4.84. The average molecular weight is 480 g/mol. The Morgan fingerprint density at radius 3 is 2.56 bits per heavy atom. The number of hydrogen-bond acceptors (Lipinski definition) is 9. The van der Waals surface area contributed by atoms with Gasteiger partial charge >= 0.3 is 11.9 Å². The number of carbonyl (C=O) groups is 3. The minimum atomic E-state index is -0.994. The van der Waals surface area contributed by atoms with Gasteiger partial charge in [0.05, 0.1) is 31.5 Å². The maximum Gasteiger partial charge on any atom is 0.350 e. The van der Waals surface area contributed by atoms with Gasteiger partial charge in [0.25, 0.3) is 5.78 Å². The second-order valence-electron chi connectivity index (χ2n) is 7.54. The van der Waals surface area contributed by atoms with E-state index in [1.165, 1.54) is 25.3 Å². The molecule has 2 aromatic heterocycles. The fourth-order valence-electron chi connectivity index (χ4n) is 3.82. The first-order chi connectivity index (χ1) is 16.3. The van der Waals surface area contributed by atoms with E-state index in [9.17, 15) is 19.5 Å². The molecule has 10 heteroatoms. The first-order valence-corrected chi connectivity index (χ1v) is 11.0. The summed E-state index contributed by atoms with van der Waals surface area (Å²) in [6.07, 6.45) is 3.07. The van der Waals surface area contributed by atoms with Crippen molar-refractivity contribution in [1.82, 2.24) is 9.97 Å². The molecule has 0 radical (unpaired) electrons. The van der Waals surface area contributed by atoms with Gasteiger partial charge in [0, 0.05) is 18.0 Å². The largest absolute Gasteiger partial charge is 0.507 e. The van der Waals surface area contributed by atoms with Crippen LogP contribution in [0.1, 0.15) is 38.1 Å². The van der Waals surface area contributed by atoms with Gasteiger partial charge in [-0.15, -0.1) is 0 Å². The molecule has 0 spiro atoms. The third-order valence-electron chi connectivity index (χ3n) is 5.50. The van der Waals surface area contributed by atoms with Crippen LogP contribution >= 0.6 is 11.3 Å². The minimum absolute atomic E-state index is 0.0984. The number of ether oxygens (including phenoxy) is 2. The van der Waals surface area contributed by atoms with Gasteiger partial charge < -0.3 is 14.6 Å². The predicted molar refractivity (Wildman–Crippen MR) is 125 cm³/mol. The molecule has 0 saturated carbocycles. The van der Waals surface area contributed by atoms with E-state index in [2.05, 4.69) is 9.97 Å². The van der Waals surface area contributed by atoms with E-state index >= 15 is 0 Å². The first-order valence-electron chi connectivity index (χ1n) is 10.2. The number of thiazole rings is 1. The van der Waals surface area contributed by atoms with E-state index in [1.54, 1.807) is 50.4 Å². The van der Waals surface area contributed by atoms with Crippen LogP contribution in [-0.2, 0) is 14.3 Å². The number of rotatable bonds is 5. The third-order valence-corrected chi connectivity index (χ3v) is 6.63. The highest BCUT2D eigenvalue weighted by atomic mass is 32.1. The summed E-state index contributed by atoms with van der Waals surface area (Å²) < 4.78 is 10.0. The second-order valence-corrected chi connectivity index (χ2v) is 8.52. The lowest BCUT2D eigenvalue weighted by atomic mass is 9.95. The quantitative estimate of drug-likeness (QED) is 0.255. The topological polar surface area (TPSA) is 119 Å². The summed E-state index contributed by atoms with van der Waals surface area (Å²) in [5.41, 5.74) is 1.81. The van der Waals surface area contributed by atoms with Crippen LogP contribution in [0.15, 0.2) is 48.3 Å². The molecule has 3 aromatic rings. The Morgan fingerprint density at radius 1 is 1.18 bits per heavy atom. The van der Waals surface area contributed by atoms with Crippen molar-refractivity contribution in [2.45, 2.75) is 19.9 Å². The van der Waals surface area contributed by atoms with Crippen molar-refractivity contribution in [2.75, 3.05) is 19.1 Å². The number of methoxy groups -OCH3 is 2. The molecule has 4 rings (SSSR count). The van der Waals surface area contributed by atoms with Crippen LogP contribution in [0.2, 0.25) is 0 Å². The molecule has 1 unspecified atom stereocenters. The second kappa shape index (κ2) is 9.06. The zero-order valence-corrected chi connectivity index (χ0v) is 19.7. The Labute approximate surface area is 199 Å². The number of anilines is 1. The molecule has 1 atom stereocenters. The molecule has 9 nitrogen and oxygen atoms in total. The van der Waals surface area contributed by atoms with Gasteiger partial charge in [-0.3, -0.25) is 19.5 Å². The number of nitrogens with zero attached hydrogens (tertiary/aromatic N) is 3. The molecule has 1 amide bonds. The molecule has 3 heterocycles. The number of hydrogen-bond donors (Lipinski definition) is 1. The smallest absolute Gasteiger partial charge is 0.350 e. The maximum atomic E-state index is 13.2. The lowest BCUT2D eigenvalue weighted by Crippen LogP contribution is -2.29. The zero-order valence-electron chi connectivity index (χ0n) is 18.9. The first kappa shape index (κ1) is 23.1. The molecule has 1 saturated heterocycles. The Balaban J connectivity index is 1.93. The van der Waals surface area contributed by atoms with Gasteiger partial charge in [0.2, 0.25) is 0 Å². The minimum Gasteiger partial charge on any atom is -0.507 e. The molecular weight excluding hydrogens is 458 g/mol. The van der Waals surface area contributed by atoms with Gasteiger partial charge in [-0.25, -0.2) is 9.78 Å². The number of aromatic nitrogens is 2.